The van der Waals surface area contributed by atoms with Gasteiger partial charge in [-0.15, -0.1) is 10.2 Å². The number of nitrogens with zero attached hydrogens (tertiary/aromatic N) is 3. The monoisotopic (exact) mass is 368 g/mol. The summed E-state index contributed by atoms with van der Waals surface area (Å²) in [5.41, 5.74) is 1.12. The number of hydrogen-bond acceptors (Lipinski definition) is 3. The van der Waals surface area contributed by atoms with Crippen molar-refractivity contribution in [1.29, 1.82) is 0 Å². The molecule has 0 aliphatic carbocycles. The number of amides is 1. The molecular formula is C20H18F2N4O. The normalized spacial score (nSPS) is 13.7. The Hall–Kier alpha value is -3.09. The fourth-order valence-electron chi connectivity index (χ4n) is 3.31. The van der Waals surface area contributed by atoms with Gasteiger partial charge in [-0.2, -0.15) is 0 Å². The van der Waals surface area contributed by atoms with E-state index in [9.17, 15) is 13.6 Å². The van der Waals surface area contributed by atoms with Crippen LogP contribution in [0.1, 0.15) is 35.4 Å². The highest BCUT2D eigenvalue weighted by Crippen LogP contribution is 2.25. The summed E-state index contributed by atoms with van der Waals surface area (Å²) in [5.74, 6) is -0.518. The Bertz CT molecular complexity index is 999. The Kier molecular flexibility index (Phi) is 4.66. The molecule has 0 saturated carbocycles. The number of anilines is 1. The third kappa shape index (κ3) is 3.58. The number of fused-ring (bicyclic) bond motifs is 1. The predicted molar refractivity (Wildman–Crippen MR) is 97.3 cm³/mol. The van der Waals surface area contributed by atoms with E-state index in [2.05, 4.69) is 20.1 Å². The number of halogens is 2. The Morgan fingerprint density at radius 2 is 1.93 bits per heavy atom. The molecule has 7 heteroatoms. The molecule has 5 nitrogen and oxygen atoms in total. The molecule has 3 aromatic rings. The summed E-state index contributed by atoms with van der Waals surface area (Å²) < 4.78 is 29.0. The summed E-state index contributed by atoms with van der Waals surface area (Å²) >= 11 is 0. The van der Waals surface area contributed by atoms with Gasteiger partial charge in [0, 0.05) is 30.3 Å². The summed E-state index contributed by atoms with van der Waals surface area (Å²) in [4.78, 5) is 12.3. The van der Waals surface area contributed by atoms with E-state index < -0.39 is 17.5 Å². The maximum atomic E-state index is 13.8. The van der Waals surface area contributed by atoms with Crippen molar-refractivity contribution in [3.63, 3.8) is 0 Å². The highest BCUT2D eigenvalue weighted by molar-refractivity contribution is 6.04. The lowest BCUT2D eigenvalue weighted by atomic mass is 10.1. The zero-order chi connectivity index (χ0) is 18.8. The van der Waals surface area contributed by atoms with Crippen LogP contribution in [0.2, 0.25) is 0 Å². The van der Waals surface area contributed by atoms with Crippen LogP contribution in [0.3, 0.4) is 0 Å². The average molecular weight is 368 g/mol. The number of aromatic nitrogens is 3. The van der Waals surface area contributed by atoms with Crippen molar-refractivity contribution in [3.8, 4) is 11.4 Å². The predicted octanol–water partition coefficient (Wildman–Crippen LogP) is 4.20. The van der Waals surface area contributed by atoms with Crippen molar-refractivity contribution in [2.75, 3.05) is 5.32 Å². The van der Waals surface area contributed by atoms with Gasteiger partial charge in [0.25, 0.3) is 5.91 Å². The van der Waals surface area contributed by atoms with E-state index in [0.29, 0.717) is 11.8 Å². The highest BCUT2D eigenvalue weighted by atomic mass is 19.1. The Labute approximate surface area is 155 Å². The van der Waals surface area contributed by atoms with E-state index in [1.165, 1.54) is 6.42 Å². The van der Waals surface area contributed by atoms with Crippen LogP contribution in [0, 0.1) is 11.6 Å². The smallest absolute Gasteiger partial charge is 0.258 e. The van der Waals surface area contributed by atoms with E-state index in [1.807, 2.05) is 6.07 Å². The van der Waals surface area contributed by atoms with Crippen LogP contribution in [-0.2, 0) is 13.0 Å². The van der Waals surface area contributed by atoms with Crippen molar-refractivity contribution in [2.24, 2.45) is 0 Å². The first-order chi connectivity index (χ1) is 13.1. The summed E-state index contributed by atoms with van der Waals surface area (Å²) in [5, 5.41) is 11.3. The van der Waals surface area contributed by atoms with E-state index in [-0.39, 0.29) is 5.56 Å². The average Bonchev–Trinajstić information content (AvgIpc) is 2.90. The molecule has 1 N–H and O–H groups in total. The van der Waals surface area contributed by atoms with Crippen LogP contribution in [-0.4, -0.2) is 20.7 Å². The van der Waals surface area contributed by atoms with E-state index in [4.69, 9.17) is 0 Å². The van der Waals surface area contributed by atoms with Gasteiger partial charge in [-0.3, -0.25) is 4.79 Å². The van der Waals surface area contributed by atoms with Gasteiger partial charge >= 0.3 is 0 Å². The molecule has 27 heavy (non-hydrogen) atoms. The number of carbonyl (C=O) groups excluding carboxylic acids is 1. The van der Waals surface area contributed by atoms with Crippen molar-refractivity contribution in [2.45, 2.75) is 32.2 Å². The van der Waals surface area contributed by atoms with Gasteiger partial charge in [-0.05, 0) is 37.1 Å². The van der Waals surface area contributed by atoms with Crippen LogP contribution >= 0.6 is 0 Å². The fourth-order valence-corrected chi connectivity index (χ4v) is 3.31. The first kappa shape index (κ1) is 17.3. The largest absolute Gasteiger partial charge is 0.322 e. The van der Waals surface area contributed by atoms with E-state index >= 15 is 0 Å². The molecule has 0 atom stereocenters. The van der Waals surface area contributed by atoms with Crippen LogP contribution in [0.25, 0.3) is 11.4 Å². The quantitative estimate of drug-likeness (QED) is 0.754. The molecule has 138 valence electrons. The van der Waals surface area contributed by atoms with Crippen LogP contribution < -0.4 is 5.32 Å². The van der Waals surface area contributed by atoms with Gasteiger partial charge < -0.3 is 9.88 Å². The molecule has 0 spiro atoms. The molecule has 0 saturated heterocycles. The molecule has 0 radical (unpaired) electrons. The molecule has 1 aliphatic rings. The van der Waals surface area contributed by atoms with Gasteiger partial charge in [-0.25, -0.2) is 8.78 Å². The number of carbonyl (C=O) groups is 1. The molecule has 0 bridgehead atoms. The van der Waals surface area contributed by atoms with Crippen molar-refractivity contribution in [3.05, 3.63) is 65.5 Å². The van der Waals surface area contributed by atoms with Crippen LogP contribution in [0.15, 0.2) is 42.5 Å². The first-order valence-corrected chi connectivity index (χ1v) is 8.91. The number of aryl methyl sites for hydroxylation is 1. The molecule has 2 aromatic carbocycles. The maximum Gasteiger partial charge on any atom is 0.258 e. The Morgan fingerprint density at radius 3 is 2.78 bits per heavy atom. The highest BCUT2D eigenvalue weighted by Gasteiger charge is 2.17. The van der Waals surface area contributed by atoms with Crippen molar-refractivity contribution in [1.82, 2.24) is 14.8 Å². The molecule has 0 unspecified atom stereocenters. The maximum absolute atomic E-state index is 13.8. The molecular weight excluding hydrogens is 350 g/mol. The molecule has 4 rings (SSSR count). The zero-order valence-corrected chi connectivity index (χ0v) is 14.6. The lowest BCUT2D eigenvalue weighted by molar-refractivity contribution is 0.102. The molecule has 1 amide bonds. The third-order valence-corrected chi connectivity index (χ3v) is 4.66. The van der Waals surface area contributed by atoms with Crippen molar-refractivity contribution < 1.29 is 13.6 Å². The second-order valence-electron chi connectivity index (χ2n) is 6.56. The van der Waals surface area contributed by atoms with Gasteiger partial charge in [0.05, 0.1) is 5.56 Å². The Morgan fingerprint density at radius 1 is 1.04 bits per heavy atom. The second kappa shape index (κ2) is 7.26. The lowest BCUT2D eigenvalue weighted by Crippen LogP contribution is -2.14. The number of benzene rings is 2. The van der Waals surface area contributed by atoms with E-state index in [1.54, 1.807) is 18.2 Å². The zero-order valence-electron chi connectivity index (χ0n) is 14.6. The van der Waals surface area contributed by atoms with Crippen molar-refractivity contribution >= 4 is 11.6 Å². The van der Waals surface area contributed by atoms with Crippen LogP contribution in [0.4, 0.5) is 14.5 Å². The fraction of sp³-hybridized carbons (Fsp3) is 0.250. The van der Waals surface area contributed by atoms with Gasteiger partial charge in [0.2, 0.25) is 0 Å². The van der Waals surface area contributed by atoms with E-state index in [0.717, 1.165) is 55.2 Å². The first-order valence-electron chi connectivity index (χ1n) is 8.91. The lowest BCUT2D eigenvalue weighted by Gasteiger charge is -2.10. The third-order valence-electron chi connectivity index (χ3n) is 4.66. The minimum absolute atomic E-state index is 0.210. The molecule has 2 heterocycles. The minimum atomic E-state index is -0.897. The standard InChI is InChI=1S/C20H18F2N4O/c21-14-8-9-16(17(22)12-14)20(27)23-15-6-4-5-13(11-15)19-25-24-18-7-2-1-3-10-26(18)19/h4-6,8-9,11-12H,1-3,7,10H2,(H,23,27). The molecule has 0 fully saturated rings. The minimum Gasteiger partial charge on any atom is -0.322 e. The van der Waals surface area contributed by atoms with Gasteiger partial charge in [-0.1, -0.05) is 18.6 Å². The summed E-state index contributed by atoms with van der Waals surface area (Å²) in [7, 11) is 0. The number of hydrogen-bond donors (Lipinski definition) is 1. The van der Waals surface area contributed by atoms with Crippen LogP contribution in [0.5, 0.6) is 0 Å². The molecule has 1 aromatic heterocycles. The SMILES string of the molecule is O=C(Nc1cccc(-c2nnc3n2CCCCC3)c1)c1ccc(F)cc1F. The van der Waals surface area contributed by atoms with Gasteiger partial charge in [0.1, 0.15) is 17.5 Å². The number of nitrogens with one attached hydrogen (secondary N) is 1. The summed E-state index contributed by atoms with van der Waals surface area (Å²) in [6, 6.07) is 10.1. The topological polar surface area (TPSA) is 59.8 Å². The summed E-state index contributed by atoms with van der Waals surface area (Å²) in [6.45, 7) is 0.870. The molecule has 1 aliphatic heterocycles. The number of rotatable bonds is 3. The second-order valence-corrected chi connectivity index (χ2v) is 6.56. The van der Waals surface area contributed by atoms with Gasteiger partial charge in [0.15, 0.2) is 5.82 Å². The Balaban J connectivity index is 1.60. The summed E-state index contributed by atoms with van der Waals surface area (Å²) in [6.07, 6.45) is 4.27.